The van der Waals surface area contributed by atoms with Crippen molar-refractivity contribution in [2.75, 3.05) is 39.8 Å². The molecule has 0 aromatic rings. The lowest BCUT2D eigenvalue weighted by molar-refractivity contribution is 0.0440. The molecule has 2 atom stereocenters. The smallest absolute Gasteiger partial charge is 0.0239 e. The maximum atomic E-state index is 2.75. The monoisotopic (exact) mass is 295 g/mol. The molecule has 0 aromatic carbocycles. The third-order valence-corrected chi connectivity index (χ3v) is 5.29. The Bertz CT molecular complexity index is 331. The Kier molecular flexibility index (Phi) is 5.07. The van der Waals surface area contributed by atoms with Gasteiger partial charge >= 0.3 is 0 Å². The van der Waals surface area contributed by atoms with E-state index in [4.69, 9.17) is 0 Å². The fourth-order valence-corrected chi connectivity index (χ4v) is 4.02. The van der Waals surface area contributed by atoms with Gasteiger partial charge in [0.25, 0.3) is 0 Å². The summed E-state index contributed by atoms with van der Waals surface area (Å²) in [6, 6.07) is 1.56. The normalized spacial score (nSPS) is 31.0. The molecule has 0 aliphatic carbocycles. The molecule has 0 radical (unpaired) electrons. The summed E-state index contributed by atoms with van der Waals surface area (Å²) in [6.07, 6.45) is 2.69. The van der Waals surface area contributed by atoms with E-state index in [1.807, 2.05) is 0 Å². The van der Waals surface area contributed by atoms with E-state index in [9.17, 15) is 0 Å². The van der Waals surface area contributed by atoms with Gasteiger partial charge in [-0.25, -0.2) is 0 Å². The number of likely N-dealkylation sites (tertiary alicyclic amines) is 1. The Morgan fingerprint density at radius 3 is 1.95 bits per heavy atom. The number of likely N-dealkylation sites (N-methyl/N-ethyl adjacent to an activating group) is 1. The maximum absolute atomic E-state index is 2.75. The van der Waals surface area contributed by atoms with E-state index in [1.165, 1.54) is 45.6 Å². The van der Waals surface area contributed by atoms with Crippen LogP contribution in [0.1, 0.15) is 54.4 Å². The first-order valence-electron chi connectivity index (χ1n) is 8.75. The number of rotatable bonds is 2. The Hall–Kier alpha value is -0.120. The van der Waals surface area contributed by atoms with Crippen LogP contribution < -0.4 is 0 Å². The lowest BCUT2D eigenvalue weighted by atomic mass is 9.87. The molecule has 0 N–H and O–H groups in total. The van der Waals surface area contributed by atoms with E-state index < -0.39 is 0 Å². The first kappa shape index (κ1) is 17.2. The standard InChI is InChI=1S/C18H37N3/c1-17(2,3)13-15-12-16(14-19(15)7)20-8-10-21(11-9-20)18(4,5)6/h15-16H,8-14H2,1-7H3/t15-,16-/m0/s1. The van der Waals surface area contributed by atoms with Crippen molar-refractivity contribution >= 4 is 0 Å². The minimum atomic E-state index is 0.327. The van der Waals surface area contributed by atoms with Crippen LogP contribution in [0.3, 0.4) is 0 Å². The fraction of sp³-hybridized carbons (Fsp3) is 1.00. The molecule has 2 aliphatic rings. The number of hydrogen-bond acceptors (Lipinski definition) is 3. The molecule has 0 bridgehead atoms. The fourth-order valence-electron chi connectivity index (χ4n) is 4.02. The van der Waals surface area contributed by atoms with Crippen LogP contribution in [0.4, 0.5) is 0 Å². The molecule has 2 fully saturated rings. The molecule has 0 unspecified atom stereocenters. The highest BCUT2D eigenvalue weighted by molar-refractivity contribution is 4.93. The van der Waals surface area contributed by atoms with Crippen molar-refractivity contribution in [2.45, 2.75) is 72.0 Å². The number of hydrogen-bond donors (Lipinski definition) is 0. The number of nitrogens with zero attached hydrogens (tertiary/aromatic N) is 3. The second-order valence-corrected chi connectivity index (χ2v) is 9.44. The highest BCUT2D eigenvalue weighted by atomic mass is 15.3. The number of piperazine rings is 1. The molecular weight excluding hydrogens is 258 g/mol. The second-order valence-electron chi connectivity index (χ2n) is 9.44. The molecule has 0 amide bonds. The van der Waals surface area contributed by atoms with Gasteiger partial charge in [-0.3, -0.25) is 9.80 Å². The van der Waals surface area contributed by atoms with Gasteiger partial charge in [-0.15, -0.1) is 0 Å². The van der Waals surface area contributed by atoms with Gasteiger partial charge in [0.1, 0.15) is 0 Å². The van der Waals surface area contributed by atoms with Crippen LogP contribution >= 0.6 is 0 Å². The van der Waals surface area contributed by atoms with Crippen molar-refractivity contribution < 1.29 is 0 Å². The van der Waals surface area contributed by atoms with Crippen molar-refractivity contribution in [1.29, 1.82) is 0 Å². The molecule has 2 aliphatic heterocycles. The summed E-state index contributed by atoms with van der Waals surface area (Å²) in [5.74, 6) is 0. The average Bonchev–Trinajstić information content (AvgIpc) is 2.68. The van der Waals surface area contributed by atoms with Gasteiger partial charge in [0.05, 0.1) is 0 Å². The van der Waals surface area contributed by atoms with Crippen LogP contribution in [-0.4, -0.2) is 72.1 Å². The predicted octanol–water partition coefficient (Wildman–Crippen LogP) is 2.91. The van der Waals surface area contributed by atoms with Crippen LogP contribution in [0.5, 0.6) is 0 Å². The average molecular weight is 296 g/mol. The van der Waals surface area contributed by atoms with Gasteiger partial charge < -0.3 is 4.90 Å². The zero-order chi connectivity index (χ0) is 15.8. The lowest BCUT2D eigenvalue weighted by Gasteiger charge is -2.44. The largest absolute Gasteiger partial charge is 0.302 e. The lowest BCUT2D eigenvalue weighted by Crippen LogP contribution is -2.55. The summed E-state index contributed by atoms with van der Waals surface area (Å²) < 4.78 is 0. The van der Waals surface area contributed by atoms with E-state index >= 15 is 0 Å². The Balaban J connectivity index is 1.85. The second kappa shape index (κ2) is 6.17. The first-order valence-corrected chi connectivity index (χ1v) is 8.75. The third kappa shape index (κ3) is 4.67. The van der Waals surface area contributed by atoms with E-state index in [0.29, 0.717) is 11.0 Å². The SMILES string of the molecule is CN1C[C@@H](N2CCN(C(C)(C)C)CC2)C[C@H]1CC(C)(C)C. The Labute approximate surface area is 132 Å². The van der Waals surface area contributed by atoms with Gasteiger partial charge in [-0.2, -0.15) is 0 Å². The van der Waals surface area contributed by atoms with Crippen LogP contribution in [0, 0.1) is 5.41 Å². The minimum absolute atomic E-state index is 0.327. The van der Waals surface area contributed by atoms with Gasteiger partial charge in [0, 0.05) is 50.3 Å². The van der Waals surface area contributed by atoms with Crippen molar-refractivity contribution in [1.82, 2.24) is 14.7 Å². The minimum Gasteiger partial charge on any atom is -0.302 e. The van der Waals surface area contributed by atoms with Crippen molar-refractivity contribution in [3.8, 4) is 0 Å². The zero-order valence-electron chi connectivity index (χ0n) is 15.4. The maximum Gasteiger partial charge on any atom is 0.0239 e. The summed E-state index contributed by atoms with van der Waals surface area (Å²) >= 11 is 0. The van der Waals surface area contributed by atoms with Gasteiger partial charge in [-0.1, -0.05) is 20.8 Å². The van der Waals surface area contributed by atoms with Crippen LogP contribution in [0.15, 0.2) is 0 Å². The Morgan fingerprint density at radius 1 is 0.905 bits per heavy atom. The molecule has 0 saturated carbocycles. The molecular formula is C18H37N3. The van der Waals surface area contributed by atoms with Crippen molar-refractivity contribution in [2.24, 2.45) is 5.41 Å². The molecule has 2 saturated heterocycles. The van der Waals surface area contributed by atoms with E-state index in [0.717, 1.165) is 12.1 Å². The third-order valence-electron chi connectivity index (χ3n) is 5.29. The highest BCUT2D eigenvalue weighted by Crippen LogP contribution is 2.31. The highest BCUT2D eigenvalue weighted by Gasteiger charge is 2.37. The molecule has 0 spiro atoms. The zero-order valence-corrected chi connectivity index (χ0v) is 15.4. The first-order chi connectivity index (χ1) is 9.56. The molecule has 124 valence electrons. The molecule has 2 rings (SSSR count). The molecule has 21 heavy (non-hydrogen) atoms. The summed E-state index contributed by atoms with van der Waals surface area (Å²) in [6.45, 7) is 20.3. The van der Waals surface area contributed by atoms with Gasteiger partial charge in [-0.05, 0) is 46.1 Å². The van der Waals surface area contributed by atoms with E-state index in [1.54, 1.807) is 0 Å². The van der Waals surface area contributed by atoms with Crippen LogP contribution in [-0.2, 0) is 0 Å². The molecule has 3 nitrogen and oxygen atoms in total. The molecule has 2 heterocycles. The van der Waals surface area contributed by atoms with Crippen molar-refractivity contribution in [3.05, 3.63) is 0 Å². The summed E-state index contributed by atoms with van der Waals surface area (Å²) in [5.41, 5.74) is 0.770. The topological polar surface area (TPSA) is 9.72 Å². The molecule has 3 heteroatoms. The quantitative estimate of drug-likeness (QED) is 0.775. The van der Waals surface area contributed by atoms with E-state index in [-0.39, 0.29) is 0 Å². The van der Waals surface area contributed by atoms with Gasteiger partial charge in [0.15, 0.2) is 0 Å². The predicted molar refractivity (Wildman–Crippen MR) is 91.8 cm³/mol. The van der Waals surface area contributed by atoms with Crippen LogP contribution in [0.2, 0.25) is 0 Å². The summed E-state index contributed by atoms with van der Waals surface area (Å²) in [7, 11) is 2.32. The summed E-state index contributed by atoms with van der Waals surface area (Å²) in [4.78, 5) is 7.99. The van der Waals surface area contributed by atoms with Gasteiger partial charge in [0.2, 0.25) is 0 Å². The van der Waals surface area contributed by atoms with Crippen LogP contribution in [0.25, 0.3) is 0 Å². The van der Waals surface area contributed by atoms with Crippen molar-refractivity contribution in [3.63, 3.8) is 0 Å². The Morgan fingerprint density at radius 2 is 1.48 bits per heavy atom. The summed E-state index contributed by atoms with van der Waals surface area (Å²) in [5, 5.41) is 0. The van der Waals surface area contributed by atoms with E-state index in [2.05, 4.69) is 63.3 Å². The molecule has 0 aromatic heterocycles.